The van der Waals surface area contributed by atoms with Gasteiger partial charge >= 0.3 is 0 Å². The van der Waals surface area contributed by atoms with E-state index in [1.807, 2.05) is 0 Å². The molecule has 0 saturated heterocycles. The first kappa shape index (κ1) is 10.2. The van der Waals surface area contributed by atoms with E-state index in [1.54, 1.807) is 0 Å². The molecule has 2 rings (SSSR count). The molecule has 76 valence electrons. The highest BCUT2D eigenvalue weighted by molar-refractivity contribution is 9.10. The standard InChI is InChI=1S/C12H16BrN/c13-12-3-1-2-10(8-12)6-7-14-9-11-4-5-11/h1-3,8,11,14H,4-7,9H2. The van der Waals surface area contributed by atoms with Crippen LogP contribution in [-0.4, -0.2) is 13.1 Å². The molecule has 0 atom stereocenters. The highest BCUT2D eigenvalue weighted by Crippen LogP contribution is 2.27. The van der Waals surface area contributed by atoms with Gasteiger partial charge < -0.3 is 5.32 Å². The van der Waals surface area contributed by atoms with E-state index in [-0.39, 0.29) is 0 Å². The number of hydrogen-bond donors (Lipinski definition) is 1. The summed E-state index contributed by atoms with van der Waals surface area (Å²) < 4.78 is 1.18. The number of hydrogen-bond acceptors (Lipinski definition) is 1. The number of benzene rings is 1. The molecule has 1 aliphatic carbocycles. The maximum Gasteiger partial charge on any atom is 0.0178 e. The molecule has 2 heteroatoms. The molecule has 0 unspecified atom stereocenters. The topological polar surface area (TPSA) is 12.0 Å². The minimum absolute atomic E-state index is 0.984. The molecular formula is C12H16BrN. The van der Waals surface area contributed by atoms with Gasteiger partial charge in [0.2, 0.25) is 0 Å². The smallest absolute Gasteiger partial charge is 0.0178 e. The summed E-state index contributed by atoms with van der Waals surface area (Å²) in [5.41, 5.74) is 1.41. The normalized spacial score (nSPS) is 15.8. The largest absolute Gasteiger partial charge is 0.316 e. The summed E-state index contributed by atoms with van der Waals surface area (Å²) >= 11 is 3.48. The van der Waals surface area contributed by atoms with Gasteiger partial charge in [0.1, 0.15) is 0 Å². The first-order valence-corrected chi connectivity index (χ1v) is 6.09. The molecule has 1 aromatic rings. The van der Waals surface area contributed by atoms with E-state index < -0.39 is 0 Å². The zero-order valence-corrected chi connectivity index (χ0v) is 9.89. The van der Waals surface area contributed by atoms with Gasteiger partial charge in [-0.25, -0.2) is 0 Å². The van der Waals surface area contributed by atoms with Crippen LogP contribution in [0.2, 0.25) is 0 Å². The van der Waals surface area contributed by atoms with Crippen molar-refractivity contribution in [1.82, 2.24) is 5.32 Å². The van der Waals surface area contributed by atoms with Crippen LogP contribution in [0.1, 0.15) is 18.4 Å². The molecule has 0 heterocycles. The molecule has 14 heavy (non-hydrogen) atoms. The number of nitrogens with one attached hydrogen (secondary N) is 1. The van der Waals surface area contributed by atoms with Gasteiger partial charge in [0, 0.05) is 4.47 Å². The first-order chi connectivity index (χ1) is 6.84. The van der Waals surface area contributed by atoms with Crippen LogP contribution in [0.5, 0.6) is 0 Å². The van der Waals surface area contributed by atoms with Gasteiger partial charge in [-0.05, 0) is 56.0 Å². The summed E-state index contributed by atoms with van der Waals surface area (Å²) in [5.74, 6) is 0.984. The maximum absolute atomic E-state index is 3.50. The zero-order chi connectivity index (χ0) is 9.80. The molecule has 1 saturated carbocycles. The Bertz CT molecular complexity index is 294. The predicted octanol–water partition coefficient (Wildman–Crippen LogP) is 2.99. The third-order valence-electron chi connectivity index (χ3n) is 2.61. The predicted molar refractivity (Wildman–Crippen MR) is 63.4 cm³/mol. The zero-order valence-electron chi connectivity index (χ0n) is 8.30. The SMILES string of the molecule is Brc1cccc(CCNCC2CC2)c1. The molecule has 0 aromatic heterocycles. The number of halogens is 1. The van der Waals surface area contributed by atoms with Gasteiger partial charge in [-0.15, -0.1) is 0 Å². The Kier molecular flexibility index (Phi) is 3.60. The van der Waals surface area contributed by atoms with E-state index in [1.165, 1.54) is 29.4 Å². The maximum atomic E-state index is 3.50. The fraction of sp³-hybridized carbons (Fsp3) is 0.500. The lowest BCUT2D eigenvalue weighted by atomic mass is 10.1. The third-order valence-corrected chi connectivity index (χ3v) is 3.10. The van der Waals surface area contributed by atoms with Gasteiger partial charge in [-0.3, -0.25) is 0 Å². The van der Waals surface area contributed by atoms with E-state index in [9.17, 15) is 0 Å². The van der Waals surface area contributed by atoms with E-state index in [0.717, 1.165) is 18.9 Å². The van der Waals surface area contributed by atoms with Crippen LogP contribution >= 0.6 is 15.9 Å². The fourth-order valence-electron chi connectivity index (χ4n) is 1.55. The molecule has 0 amide bonds. The van der Waals surface area contributed by atoms with Crippen LogP contribution in [0.3, 0.4) is 0 Å². The molecule has 1 aliphatic rings. The van der Waals surface area contributed by atoms with Crippen molar-refractivity contribution >= 4 is 15.9 Å². The van der Waals surface area contributed by atoms with Crippen molar-refractivity contribution in [2.24, 2.45) is 5.92 Å². The van der Waals surface area contributed by atoms with Crippen molar-refractivity contribution in [1.29, 1.82) is 0 Å². The Morgan fingerprint density at radius 2 is 2.21 bits per heavy atom. The monoisotopic (exact) mass is 253 g/mol. The Hall–Kier alpha value is -0.340. The van der Waals surface area contributed by atoms with Crippen LogP contribution in [0.25, 0.3) is 0 Å². The number of rotatable bonds is 5. The highest BCUT2D eigenvalue weighted by atomic mass is 79.9. The molecule has 0 spiro atoms. The second-order valence-electron chi connectivity index (χ2n) is 4.03. The summed E-state index contributed by atoms with van der Waals surface area (Å²) in [5, 5.41) is 3.50. The molecule has 1 fully saturated rings. The summed E-state index contributed by atoms with van der Waals surface area (Å²) in [6.45, 7) is 2.32. The molecule has 1 N–H and O–H groups in total. The van der Waals surface area contributed by atoms with E-state index in [4.69, 9.17) is 0 Å². The summed E-state index contributed by atoms with van der Waals surface area (Å²) in [6, 6.07) is 8.55. The van der Waals surface area contributed by atoms with Gasteiger partial charge in [-0.1, -0.05) is 28.1 Å². The van der Waals surface area contributed by atoms with E-state index in [2.05, 4.69) is 45.5 Å². The van der Waals surface area contributed by atoms with Gasteiger partial charge in [0.15, 0.2) is 0 Å². The van der Waals surface area contributed by atoms with Gasteiger partial charge in [0.25, 0.3) is 0 Å². The van der Waals surface area contributed by atoms with Gasteiger partial charge in [0.05, 0.1) is 0 Å². The Balaban J connectivity index is 1.68. The Morgan fingerprint density at radius 1 is 1.36 bits per heavy atom. The average molecular weight is 254 g/mol. The van der Waals surface area contributed by atoms with Crippen molar-refractivity contribution in [3.05, 3.63) is 34.3 Å². The lowest BCUT2D eigenvalue weighted by molar-refractivity contribution is 0.637. The second kappa shape index (κ2) is 4.94. The van der Waals surface area contributed by atoms with Crippen molar-refractivity contribution in [2.75, 3.05) is 13.1 Å². The van der Waals surface area contributed by atoms with Crippen LogP contribution in [0.15, 0.2) is 28.7 Å². The lowest BCUT2D eigenvalue weighted by Gasteiger charge is -2.03. The van der Waals surface area contributed by atoms with Gasteiger partial charge in [-0.2, -0.15) is 0 Å². The summed E-state index contributed by atoms with van der Waals surface area (Å²) in [6.07, 6.45) is 4.00. The molecule has 1 aromatic carbocycles. The summed E-state index contributed by atoms with van der Waals surface area (Å²) in [4.78, 5) is 0. The van der Waals surface area contributed by atoms with Crippen LogP contribution in [-0.2, 0) is 6.42 Å². The highest BCUT2D eigenvalue weighted by Gasteiger charge is 2.19. The minimum atomic E-state index is 0.984. The average Bonchev–Trinajstić information content (AvgIpc) is 2.96. The van der Waals surface area contributed by atoms with Crippen LogP contribution < -0.4 is 5.32 Å². The van der Waals surface area contributed by atoms with Crippen LogP contribution in [0, 0.1) is 5.92 Å². The van der Waals surface area contributed by atoms with Crippen molar-refractivity contribution in [3.8, 4) is 0 Å². The lowest BCUT2D eigenvalue weighted by Crippen LogP contribution is -2.19. The molecule has 0 radical (unpaired) electrons. The first-order valence-electron chi connectivity index (χ1n) is 5.30. The molecule has 0 bridgehead atoms. The van der Waals surface area contributed by atoms with Crippen molar-refractivity contribution in [3.63, 3.8) is 0 Å². The minimum Gasteiger partial charge on any atom is -0.316 e. The fourth-order valence-corrected chi connectivity index (χ4v) is 2.00. The Morgan fingerprint density at radius 3 is 2.93 bits per heavy atom. The molecule has 1 nitrogen and oxygen atoms in total. The van der Waals surface area contributed by atoms with Crippen LogP contribution in [0.4, 0.5) is 0 Å². The Labute approximate surface area is 94.0 Å². The molecular weight excluding hydrogens is 238 g/mol. The van der Waals surface area contributed by atoms with Crippen molar-refractivity contribution in [2.45, 2.75) is 19.3 Å². The van der Waals surface area contributed by atoms with E-state index in [0.29, 0.717) is 0 Å². The third kappa shape index (κ3) is 3.43. The second-order valence-corrected chi connectivity index (χ2v) is 4.94. The van der Waals surface area contributed by atoms with Crippen molar-refractivity contribution < 1.29 is 0 Å². The summed E-state index contributed by atoms with van der Waals surface area (Å²) in [7, 11) is 0. The van der Waals surface area contributed by atoms with E-state index >= 15 is 0 Å². The molecule has 0 aliphatic heterocycles. The quantitative estimate of drug-likeness (QED) is 0.796.